The van der Waals surface area contributed by atoms with Crippen molar-refractivity contribution < 1.29 is 0 Å². The highest BCUT2D eigenvalue weighted by Gasteiger charge is 2.52. The Morgan fingerprint density at radius 1 is 0.576 bits per heavy atom. The molecule has 0 radical (unpaired) electrons. The van der Waals surface area contributed by atoms with Crippen LogP contribution in [0.25, 0.3) is 0 Å². The third kappa shape index (κ3) is 3.08. The molecule has 0 spiro atoms. The largest absolute Gasteiger partial charge is 0.337 e. The minimum atomic E-state index is -0.303. The summed E-state index contributed by atoms with van der Waals surface area (Å²) in [6, 6.07) is 34.1. The SMILES string of the molecule is CC1(C)N2c3ccc(Cl)cc3C(c3ccccc3)N1c1ccc(Cl)cc1C2c1ccccc1. The Morgan fingerprint density at radius 2 is 0.970 bits per heavy atom. The molecule has 0 amide bonds. The summed E-state index contributed by atoms with van der Waals surface area (Å²) in [7, 11) is 0. The van der Waals surface area contributed by atoms with Crippen LogP contribution in [0, 0.1) is 0 Å². The Balaban J connectivity index is 1.71. The zero-order valence-corrected chi connectivity index (χ0v) is 20.1. The van der Waals surface area contributed by atoms with Crippen LogP contribution in [0.15, 0.2) is 97.1 Å². The number of fused-ring (bicyclic) bond motifs is 6. The second-order valence-electron chi connectivity index (χ2n) is 9.27. The maximum absolute atomic E-state index is 6.58. The Bertz CT molecular complexity index is 1230. The van der Waals surface area contributed by atoms with Crippen molar-refractivity contribution in [2.24, 2.45) is 0 Å². The number of anilines is 2. The molecule has 4 aromatic rings. The Morgan fingerprint density at radius 3 is 1.36 bits per heavy atom. The van der Waals surface area contributed by atoms with Crippen LogP contribution in [-0.4, -0.2) is 5.66 Å². The Kier molecular flexibility index (Phi) is 4.72. The monoisotopic (exact) mass is 470 g/mol. The molecule has 2 aliphatic heterocycles. The van der Waals surface area contributed by atoms with E-state index in [0.29, 0.717) is 0 Å². The van der Waals surface area contributed by atoms with Gasteiger partial charge in [0.2, 0.25) is 0 Å². The predicted molar refractivity (Wildman–Crippen MR) is 139 cm³/mol. The summed E-state index contributed by atoms with van der Waals surface area (Å²) in [5.74, 6) is 0. The van der Waals surface area contributed by atoms with Crippen LogP contribution in [0.5, 0.6) is 0 Å². The molecule has 2 atom stereocenters. The van der Waals surface area contributed by atoms with Crippen LogP contribution in [0.3, 0.4) is 0 Å². The van der Waals surface area contributed by atoms with Gasteiger partial charge in [0.05, 0.1) is 12.1 Å². The van der Waals surface area contributed by atoms with Gasteiger partial charge in [-0.2, -0.15) is 0 Å². The number of nitrogens with zero attached hydrogens (tertiary/aromatic N) is 2. The average molecular weight is 471 g/mol. The van der Waals surface area contributed by atoms with E-state index >= 15 is 0 Å². The van der Waals surface area contributed by atoms with Crippen molar-refractivity contribution in [3.8, 4) is 0 Å². The first-order valence-electron chi connectivity index (χ1n) is 11.2. The molecule has 0 fully saturated rings. The quantitative estimate of drug-likeness (QED) is 0.290. The molecule has 6 rings (SSSR count). The van der Waals surface area contributed by atoms with E-state index in [1.54, 1.807) is 0 Å². The van der Waals surface area contributed by atoms with Crippen molar-refractivity contribution in [1.82, 2.24) is 0 Å². The fourth-order valence-electron chi connectivity index (χ4n) is 5.75. The van der Waals surface area contributed by atoms with Gasteiger partial charge in [-0.1, -0.05) is 83.9 Å². The van der Waals surface area contributed by atoms with E-state index in [4.69, 9.17) is 23.2 Å². The second-order valence-corrected chi connectivity index (χ2v) is 10.1. The highest BCUT2D eigenvalue weighted by molar-refractivity contribution is 6.31. The average Bonchev–Trinajstić information content (AvgIpc) is 2.81. The molecule has 0 saturated heterocycles. The van der Waals surface area contributed by atoms with Gasteiger partial charge in [0.15, 0.2) is 0 Å². The van der Waals surface area contributed by atoms with Crippen molar-refractivity contribution in [3.63, 3.8) is 0 Å². The molecule has 0 aliphatic carbocycles. The first-order valence-corrected chi connectivity index (χ1v) is 12.0. The summed E-state index contributed by atoms with van der Waals surface area (Å²) in [5, 5.41) is 1.50. The maximum atomic E-state index is 6.58. The van der Waals surface area contributed by atoms with E-state index in [2.05, 4.69) is 109 Å². The number of hydrogen-bond acceptors (Lipinski definition) is 2. The Hall–Kier alpha value is -2.94. The van der Waals surface area contributed by atoms with Gasteiger partial charge in [-0.25, -0.2) is 0 Å². The molecule has 2 unspecified atom stereocenters. The number of rotatable bonds is 2. The minimum absolute atomic E-state index is 0.0304. The van der Waals surface area contributed by atoms with Gasteiger partial charge < -0.3 is 9.80 Å². The van der Waals surface area contributed by atoms with Gasteiger partial charge >= 0.3 is 0 Å². The first-order chi connectivity index (χ1) is 16.0. The molecule has 0 N–H and O–H groups in total. The topological polar surface area (TPSA) is 6.48 Å². The van der Waals surface area contributed by atoms with Gasteiger partial charge in [0, 0.05) is 32.5 Å². The summed E-state index contributed by atoms with van der Waals surface area (Å²) >= 11 is 13.2. The van der Waals surface area contributed by atoms with Crippen molar-refractivity contribution in [3.05, 3.63) is 129 Å². The normalized spacial score (nSPS) is 20.2. The molecule has 4 heteroatoms. The lowest BCUT2D eigenvalue weighted by molar-refractivity contribution is 0.349. The van der Waals surface area contributed by atoms with Gasteiger partial charge in [0.25, 0.3) is 0 Å². The summed E-state index contributed by atoms with van der Waals surface area (Å²) in [4.78, 5) is 5.07. The molecule has 0 saturated carbocycles. The van der Waals surface area contributed by atoms with Crippen LogP contribution in [0.2, 0.25) is 10.0 Å². The molecule has 33 heavy (non-hydrogen) atoms. The van der Waals surface area contributed by atoms with Gasteiger partial charge in [-0.3, -0.25) is 0 Å². The lowest BCUT2D eigenvalue weighted by Gasteiger charge is -2.63. The lowest BCUT2D eigenvalue weighted by Crippen LogP contribution is -2.65. The molecule has 2 bridgehead atoms. The third-order valence-corrected chi connectivity index (χ3v) is 7.48. The van der Waals surface area contributed by atoms with Crippen molar-refractivity contribution >= 4 is 34.6 Å². The van der Waals surface area contributed by atoms with E-state index in [0.717, 1.165) is 10.0 Å². The summed E-state index contributed by atoms with van der Waals surface area (Å²) in [6.45, 7) is 4.63. The van der Waals surface area contributed by atoms with Gasteiger partial charge in [0.1, 0.15) is 5.66 Å². The standard InChI is InChI=1S/C29H24Cl2N2/c1-29(2)32-26-16-14-22(31)18-24(26)28(20-11-7-4-8-12-20)33(29)25-15-13-21(30)17-23(25)27(32)19-9-5-3-6-10-19/h3-18,27-28H,1-2H3. The van der Waals surface area contributed by atoms with Crippen molar-refractivity contribution in [2.75, 3.05) is 9.80 Å². The fraction of sp³-hybridized carbons (Fsp3) is 0.172. The minimum Gasteiger partial charge on any atom is -0.337 e. The predicted octanol–water partition coefficient (Wildman–Crippen LogP) is 8.25. The van der Waals surface area contributed by atoms with Crippen LogP contribution >= 0.6 is 23.2 Å². The molecular weight excluding hydrogens is 447 g/mol. The molecule has 2 heterocycles. The van der Waals surface area contributed by atoms with E-state index < -0.39 is 0 Å². The number of hydrogen-bond donors (Lipinski definition) is 0. The molecule has 164 valence electrons. The molecule has 2 nitrogen and oxygen atoms in total. The van der Waals surface area contributed by atoms with Crippen LogP contribution in [0.1, 0.15) is 48.2 Å². The molecule has 4 aromatic carbocycles. The zero-order valence-electron chi connectivity index (χ0n) is 18.5. The smallest absolute Gasteiger partial charge is 0.109 e. The van der Waals surface area contributed by atoms with Gasteiger partial charge in [-0.05, 0) is 61.4 Å². The second kappa shape index (κ2) is 7.55. The number of benzene rings is 4. The van der Waals surface area contributed by atoms with Crippen LogP contribution in [0.4, 0.5) is 11.4 Å². The number of halogens is 2. The van der Waals surface area contributed by atoms with E-state index in [1.165, 1.54) is 33.6 Å². The van der Waals surface area contributed by atoms with Gasteiger partial charge in [-0.15, -0.1) is 0 Å². The van der Waals surface area contributed by atoms with Crippen molar-refractivity contribution in [1.29, 1.82) is 0 Å². The van der Waals surface area contributed by atoms with Crippen LogP contribution in [-0.2, 0) is 0 Å². The lowest BCUT2D eigenvalue weighted by atomic mass is 9.80. The molecule has 0 aromatic heterocycles. The fourth-order valence-corrected chi connectivity index (χ4v) is 6.11. The Labute approximate surface area is 205 Å². The van der Waals surface area contributed by atoms with E-state index in [-0.39, 0.29) is 17.7 Å². The summed E-state index contributed by atoms with van der Waals surface area (Å²) in [6.07, 6.45) is 0. The molecule has 2 aliphatic rings. The van der Waals surface area contributed by atoms with Crippen molar-refractivity contribution in [2.45, 2.75) is 31.6 Å². The third-order valence-electron chi connectivity index (χ3n) is 7.01. The van der Waals surface area contributed by atoms with Crippen LogP contribution < -0.4 is 9.80 Å². The summed E-state index contributed by atoms with van der Waals surface area (Å²) in [5.41, 5.74) is 7.02. The molecular formula is C29H24Cl2N2. The highest BCUT2D eigenvalue weighted by Crippen LogP contribution is 2.58. The zero-order chi connectivity index (χ0) is 22.7. The highest BCUT2D eigenvalue weighted by atomic mass is 35.5. The maximum Gasteiger partial charge on any atom is 0.109 e. The van der Waals surface area contributed by atoms with E-state index in [1.807, 2.05) is 12.1 Å². The van der Waals surface area contributed by atoms with E-state index in [9.17, 15) is 0 Å². The first kappa shape index (κ1) is 20.7. The summed E-state index contributed by atoms with van der Waals surface area (Å²) < 4.78 is 0.